The number of carbonyl (C=O) groups excluding carboxylic acids is 2. The molecule has 2 unspecified atom stereocenters. The number of ether oxygens (including phenoxy) is 1. The van der Waals surface area contributed by atoms with Crippen molar-refractivity contribution in [2.45, 2.75) is 25.5 Å². The normalized spacial score (nSPS) is 20.1. The Morgan fingerprint density at radius 1 is 1.36 bits per heavy atom. The molecule has 1 aromatic rings. The summed E-state index contributed by atoms with van der Waals surface area (Å²) in [7, 11) is -1.64. The molecule has 10 heteroatoms. The quantitative estimate of drug-likeness (QED) is 0.600. The number of anilines is 1. The molecular formula is C15H18Cl2N2O5S. The number of hydrogen-bond donors (Lipinski definition) is 1. The highest BCUT2D eigenvalue weighted by molar-refractivity contribution is 7.91. The van der Waals surface area contributed by atoms with Crippen LogP contribution in [0.15, 0.2) is 12.1 Å². The zero-order chi connectivity index (χ0) is 18.9. The van der Waals surface area contributed by atoms with E-state index >= 15 is 0 Å². The summed E-state index contributed by atoms with van der Waals surface area (Å²) in [6.45, 7) is 1.41. The molecule has 7 nitrogen and oxygen atoms in total. The number of rotatable bonds is 4. The summed E-state index contributed by atoms with van der Waals surface area (Å²) in [5, 5.41) is 0.310. The maximum atomic E-state index is 12.4. The number of amides is 1. The third-order valence-electron chi connectivity index (χ3n) is 4.05. The predicted molar refractivity (Wildman–Crippen MR) is 95.6 cm³/mol. The SMILES string of the molecule is CC(OC(=O)c1cc(Cl)cc(Cl)c1N)C(=O)N(C)C1CCS(=O)(=O)C1. The van der Waals surface area contributed by atoms with Gasteiger partial charge in [0.15, 0.2) is 15.9 Å². The van der Waals surface area contributed by atoms with Crippen molar-refractivity contribution in [3.8, 4) is 0 Å². The van der Waals surface area contributed by atoms with Crippen molar-refractivity contribution < 1.29 is 22.7 Å². The number of nitrogen functional groups attached to an aromatic ring is 1. The first-order valence-electron chi connectivity index (χ1n) is 7.44. The molecule has 138 valence electrons. The molecule has 0 saturated carbocycles. The third kappa shape index (κ3) is 4.56. The Balaban J connectivity index is 2.07. The molecule has 1 aromatic carbocycles. The van der Waals surface area contributed by atoms with Gasteiger partial charge in [-0.15, -0.1) is 0 Å². The van der Waals surface area contributed by atoms with Crippen molar-refractivity contribution in [3.05, 3.63) is 27.7 Å². The van der Waals surface area contributed by atoms with E-state index in [1.54, 1.807) is 0 Å². The Morgan fingerprint density at radius 3 is 2.56 bits per heavy atom. The molecule has 1 amide bonds. The molecule has 0 aliphatic carbocycles. The van der Waals surface area contributed by atoms with E-state index < -0.39 is 33.9 Å². The molecule has 0 bridgehead atoms. The van der Waals surface area contributed by atoms with Gasteiger partial charge in [-0.05, 0) is 25.5 Å². The summed E-state index contributed by atoms with van der Waals surface area (Å²) < 4.78 is 28.2. The fourth-order valence-electron chi connectivity index (χ4n) is 2.58. The highest BCUT2D eigenvalue weighted by Gasteiger charge is 2.35. The van der Waals surface area contributed by atoms with E-state index in [-0.39, 0.29) is 32.8 Å². The van der Waals surface area contributed by atoms with Crippen LogP contribution >= 0.6 is 23.2 Å². The van der Waals surface area contributed by atoms with Gasteiger partial charge in [-0.3, -0.25) is 4.79 Å². The molecule has 0 aromatic heterocycles. The number of sulfone groups is 1. The van der Waals surface area contributed by atoms with Crippen LogP contribution in [-0.2, 0) is 19.4 Å². The van der Waals surface area contributed by atoms with Gasteiger partial charge in [-0.2, -0.15) is 0 Å². The van der Waals surface area contributed by atoms with Crippen LogP contribution in [0.25, 0.3) is 0 Å². The first-order valence-corrected chi connectivity index (χ1v) is 10.0. The number of esters is 1. The van der Waals surface area contributed by atoms with Gasteiger partial charge in [0.05, 0.1) is 27.8 Å². The Hall–Kier alpha value is -1.51. The summed E-state index contributed by atoms with van der Waals surface area (Å²) >= 11 is 11.7. The van der Waals surface area contributed by atoms with Gasteiger partial charge >= 0.3 is 5.97 Å². The van der Waals surface area contributed by atoms with Crippen LogP contribution < -0.4 is 5.73 Å². The van der Waals surface area contributed by atoms with Crippen molar-refractivity contribution in [1.82, 2.24) is 4.90 Å². The lowest BCUT2D eigenvalue weighted by molar-refractivity contribution is -0.140. The molecule has 1 heterocycles. The van der Waals surface area contributed by atoms with Crippen LogP contribution in [0.1, 0.15) is 23.7 Å². The monoisotopic (exact) mass is 408 g/mol. The molecule has 0 spiro atoms. The van der Waals surface area contributed by atoms with E-state index in [0.29, 0.717) is 6.42 Å². The molecule has 2 atom stereocenters. The number of benzene rings is 1. The minimum atomic E-state index is -3.13. The first-order chi connectivity index (χ1) is 11.5. The molecule has 2 rings (SSSR count). The summed E-state index contributed by atoms with van der Waals surface area (Å²) in [5.74, 6) is -1.38. The Morgan fingerprint density at radius 2 is 2.00 bits per heavy atom. The van der Waals surface area contributed by atoms with Crippen molar-refractivity contribution in [2.75, 3.05) is 24.3 Å². The molecule has 1 aliphatic rings. The number of halogens is 2. The van der Waals surface area contributed by atoms with E-state index in [2.05, 4.69) is 0 Å². The molecular weight excluding hydrogens is 391 g/mol. The van der Waals surface area contributed by atoms with Crippen LogP contribution in [0, 0.1) is 0 Å². The maximum Gasteiger partial charge on any atom is 0.341 e. The number of carbonyl (C=O) groups is 2. The van der Waals surface area contributed by atoms with E-state index in [4.69, 9.17) is 33.7 Å². The fraction of sp³-hybridized carbons (Fsp3) is 0.467. The van der Waals surface area contributed by atoms with Gasteiger partial charge in [-0.1, -0.05) is 23.2 Å². The van der Waals surface area contributed by atoms with E-state index in [9.17, 15) is 18.0 Å². The van der Waals surface area contributed by atoms with Gasteiger partial charge < -0.3 is 15.4 Å². The largest absolute Gasteiger partial charge is 0.449 e. The predicted octanol–water partition coefficient (Wildman–Crippen LogP) is 1.77. The number of nitrogens with zero attached hydrogens (tertiary/aromatic N) is 1. The molecule has 1 saturated heterocycles. The molecule has 1 aliphatic heterocycles. The number of nitrogens with two attached hydrogens (primary N) is 1. The Bertz CT molecular complexity index is 812. The van der Waals surface area contributed by atoms with Gasteiger partial charge in [0, 0.05) is 18.1 Å². The minimum absolute atomic E-state index is 0.00552. The standard InChI is InChI=1S/C15H18Cl2N2O5S/c1-8(14(20)19(2)10-3-4-25(22,23)7-10)24-15(21)11-5-9(16)6-12(17)13(11)18/h5-6,8,10H,3-4,7,18H2,1-2H3. The number of likely N-dealkylation sites (N-methyl/N-ethyl adjacent to an activating group) is 1. The lowest BCUT2D eigenvalue weighted by Gasteiger charge is -2.26. The fourth-order valence-corrected chi connectivity index (χ4v) is 4.84. The zero-order valence-corrected chi connectivity index (χ0v) is 16.0. The van der Waals surface area contributed by atoms with Crippen molar-refractivity contribution in [2.24, 2.45) is 0 Å². The van der Waals surface area contributed by atoms with Crippen LogP contribution in [-0.4, -0.2) is 55.9 Å². The smallest absolute Gasteiger partial charge is 0.341 e. The average molecular weight is 409 g/mol. The van der Waals surface area contributed by atoms with Crippen LogP contribution in [0.5, 0.6) is 0 Å². The summed E-state index contributed by atoms with van der Waals surface area (Å²) in [4.78, 5) is 25.9. The highest BCUT2D eigenvalue weighted by atomic mass is 35.5. The van der Waals surface area contributed by atoms with Crippen LogP contribution in [0.3, 0.4) is 0 Å². The molecule has 2 N–H and O–H groups in total. The van der Waals surface area contributed by atoms with Gasteiger partial charge in [0.1, 0.15) is 0 Å². The second-order valence-corrected chi connectivity index (χ2v) is 8.97. The topological polar surface area (TPSA) is 107 Å². The van der Waals surface area contributed by atoms with Gasteiger partial charge in [0.2, 0.25) is 0 Å². The van der Waals surface area contributed by atoms with Gasteiger partial charge in [-0.25, -0.2) is 13.2 Å². The lowest BCUT2D eigenvalue weighted by atomic mass is 10.2. The molecule has 1 fully saturated rings. The minimum Gasteiger partial charge on any atom is -0.449 e. The summed E-state index contributed by atoms with van der Waals surface area (Å²) in [6.07, 6.45) is -0.750. The summed E-state index contributed by atoms with van der Waals surface area (Å²) in [6, 6.07) is 2.26. The molecule has 0 radical (unpaired) electrons. The average Bonchev–Trinajstić information content (AvgIpc) is 2.89. The van der Waals surface area contributed by atoms with Crippen molar-refractivity contribution in [3.63, 3.8) is 0 Å². The second-order valence-electron chi connectivity index (χ2n) is 5.90. The first kappa shape index (κ1) is 19.8. The summed E-state index contributed by atoms with van der Waals surface area (Å²) in [5.41, 5.74) is 5.71. The van der Waals surface area contributed by atoms with Crippen LogP contribution in [0.4, 0.5) is 5.69 Å². The van der Waals surface area contributed by atoms with E-state index in [1.165, 1.54) is 31.0 Å². The Kier molecular flexibility index (Phi) is 5.86. The van der Waals surface area contributed by atoms with Crippen molar-refractivity contribution >= 4 is 50.6 Å². The maximum absolute atomic E-state index is 12.4. The van der Waals surface area contributed by atoms with E-state index in [0.717, 1.165) is 0 Å². The second kappa shape index (κ2) is 7.39. The van der Waals surface area contributed by atoms with Crippen LogP contribution in [0.2, 0.25) is 10.0 Å². The van der Waals surface area contributed by atoms with Gasteiger partial charge in [0.25, 0.3) is 5.91 Å². The lowest BCUT2D eigenvalue weighted by Crippen LogP contribution is -2.44. The van der Waals surface area contributed by atoms with Crippen molar-refractivity contribution in [1.29, 1.82) is 0 Å². The third-order valence-corrected chi connectivity index (χ3v) is 6.33. The zero-order valence-electron chi connectivity index (χ0n) is 13.7. The van der Waals surface area contributed by atoms with E-state index in [1.807, 2.05) is 0 Å². The highest BCUT2D eigenvalue weighted by Crippen LogP contribution is 2.28. The number of hydrogen-bond acceptors (Lipinski definition) is 6. The molecule has 25 heavy (non-hydrogen) atoms. The Labute approximate surface area is 155 Å².